The topological polar surface area (TPSA) is 53.6 Å². The fourth-order valence-corrected chi connectivity index (χ4v) is 2.55. The fourth-order valence-electron chi connectivity index (χ4n) is 2.55. The van der Waals surface area contributed by atoms with Crippen LogP contribution in [-0.2, 0) is 9.53 Å². The lowest BCUT2D eigenvalue weighted by molar-refractivity contribution is -0.133. The van der Waals surface area contributed by atoms with Gasteiger partial charge in [-0.25, -0.2) is 5.01 Å². The Morgan fingerprint density at radius 3 is 2.76 bits per heavy atom. The van der Waals surface area contributed by atoms with Gasteiger partial charge in [-0.3, -0.25) is 10.2 Å². The van der Waals surface area contributed by atoms with Gasteiger partial charge in [0.1, 0.15) is 0 Å². The maximum Gasteiger partial charge on any atom is 0.251 e. The van der Waals surface area contributed by atoms with Crippen molar-refractivity contribution in [2.75, 3.05) is 32.8 Å². The third kappa shape index (κ3) is 3.18. The van der Waals surface area contributed by atoms with Crippen molar-refractivity contribution in [1.82, 2.24) is 15.8 Å². The summed E-state index contributed by atoms with van der Waals surface area (Å²) in [6.07, 6.45) is 2.25. The predicted octanol–water partition coefficient (Wildman–Crippen LogP) is 0.128. The molecule has 2 fully saturated rings. The lowest BCUT2D eigenvalue weighted by Crippen LogP contribution is -2.60. The number of morpholine rings is 1. The summed E-state index contributed by atoms with van der Waals surface area (Å²) in [5.74, 6) is 0.0941. The predicted molar refractivity (Wildman–Crippen MR) is 65.3 cm³/mol. The molecule has 0 aromatic carbocycles. The molecule has 2 heterocycles. The second kappa shape index (κ2) is 5.33. The first-order chi connectivity index (χ1) is 8.09. The fraction of sp³-hybridized carbons (Fsp3) is 0.917. The van der Waals surface area contributed by atoms with E-state index >= 15 is 0 Å². The zero-order valence-corrected chi connectivity index (χ0v) is 10.8. The van der Waals surface area contributed by atoms with Crippen LogP contribution in [0.4, 0.5) is 0 Å². The zero-order valence-electron chi connectivity index (χ0n) is 10.8. The molecule has 2 aliphatic rings. The SMILES string of the molecule is CC1(C)CCCNC1C(=O)NN1CCOCC1. The van der Waals surface area contributed by atoms with E-state index in [4.69, 9.17) is 4.74 Å². The summed E-state index contributed by atoms with van der Waals surface area (Å²) in [4.78, 5) is 12.2. The Hall–Kier alpha value is -0.650. The molecule has 1 atom stereocenters. The molecule has 1 unspecified atom stereocenters. The van der Waals surface area contributed by atoms with Crippen molar-refractivity contribution in [3.05, 3.63) is 0 Å². The van der Waals surface area contributed by atoms with Crippen LogP contribution in [0.1, 0.15) is 26.7 Å². The van der Waals surface area contributed by atoms with Gasteiger partial charge in [-0.05, 0) is 24.8 Å². The number of piperidine rings is 1. The minimum Gasteiger partial charge on any atom is -0.379 e. The Labute approximate surface area is 103 Å². The molecule has 0 saturated carbocycles. The minimum absolute atomic E-state index is 0.0363. The van der Waals surface area contributed by atoms with E-state index in [1.165, 1.54) is 0 Å². The molecular weight excluding hydrogens is 218 g/mol. The first-order valence-electron chi connectivity index (χ1n) is 6.46. The van der Waals surface area contributed by atoms with Gasteiger partial charge in [0.15, 0.2) is 0 Å². The lowest BCUT2D eigenvalue weighted by atomic mass is 9.77. The molecule has 2 N–H and O–H groups in total. The van der Waals surface area contributed by atoms with Crippen LogP contribution >= 0.6 is 0 Å². The standard InChI is InChI=1S/C12H23N3O2/c1-12(2)4-3-5-13-10(12)11(16)14-15-6-8-17-9-7-15/h10,13H,3-9H2,1-2H3,(H,14,16). The van der Waals surface area contributed by atoms with Crippen molar-refractivity contribution >= 4 is 5.91 Å². The van der Waals surface area contributed by atoms with Crippen LogP contribution < -0.4 is 10.7 Å². The third-order valence-electron chi connectivity index (χ3n) is 3.67. The van der Waals surface area contributed by atoms with Crippen LogP contribution in [0.3, 0.4) is 0 Å². The molecule has 98 valence electrons. The molecular formula is C12H23N3O2. The van der Waals surface area contributed by atoms with Gasteiger partial charge in [-0.2, -0.15) is 0 Å². The Kier molecular flexibility index (Phi) is 4.01. The van der Waals surface area contributed by atoms with Gasteiger partial charge >= 0.3 is 0 Å². The number of nitrogens with zero attached hydrogens (tertiary/aromatic N) is 1. The molecule has 5 heteroatoms. The molecule has 1 amide bonds. The number of carbonyl (C=O) groups excluding carboxylic acids is 1. The first-order valence-corrected chi connectivity index (χ1v) is 6.46. The molecule has 17 heavy (non-hydrogen) atoms. The Balaban J connectivity index is 1.89. The van der Waals surface area contributed by atoms with Crippen molar-refractivity contribution in [3.63, 3.8) is 0 Å². The number of nitrogens with one attached hydrogen (secondary N) is 2. The number of hydrogen-bond acceptors (Lipinski definition) is 4. The van der Waals surface area contributed by atoms with E-state index < -0.39 is 0 Å². The Bertz CT molecular complexity index is 275. The van der Waals surface area contributed by atoms with E-state index in [0.29, 0.717) is 13.2 Å². The van der Waals surface area contributed by atoms with Gasteiger partial charge in [0.2, 0.25) is 0 Å². The summed E-state index contributed by atoms with van der Waals surface area (Å²) in [7, 11) is 0. The second-order valence-electron chi connectivity index (χ2n) is 5.55. The number of hydrazine groups is 1. The van der Waals surface area contributed by atoms with Crippen LogP contribution in [0, 0.1) is 5.41 Å². The average Bonchev–Trinajstić information content (AvgIpc) is 2.29. The number of rotatable bonds is 2. The van der Waals surface area contributed by atoms with Crippen LogP contribution in [-0.4, -0.2) is 49.8 Å². The van der Waals surface area contributed by atoms with E-state index in [9.17, 15) is 4.79 Å². The Morgan fingerprint density at radius 2 is 2.12 bits per heavy atom. The van der Waals surface area contributed by atoms with Crippen molar-refractivity contribution in [2.24, 2.45) is 5.41 Å². The van der Waals surface area contributed by atoms with E-state index in [2.05, 4.69) is 24.6 Å². The van der Waals surface area contributed by atoms with Crippen LogP contribution in [0.15, 0.2) is 0 Å². The van der Waals surface area contributed by atoms with Crippen LogP contribution in [0.5, 0.6) is 0 Å². The highest BCUT2D eigenvalue weighted by molar-refractivity contribution is 5.82. The monoisotopic (exact) mass is 241 g/mol. The Morgan fingerprint density at radius 1 is 1.41 bits per heavy atom. The van der Waals surface area contributed by atoms with Crippen LogP contribution in [0.2, 0.25) is 0 Å². The summed E-state index contributed by atoms with van der Waals surface area (Å²) in [6, 6.07) is -0.0842. The quantitative estimate of drug-likeness (QED) is 0.721. The summed E-state index contributed by atoms with van der Waals surface area (Å²) in [5.41, 5.74) is 3.03. The number of carbonyl (C=O) groups is 1. The van der Waals surface area contributed by atoms with Crippen LogP contribution in [0.25, 0.3) is 0 Å². The average molecular weight is 241 g/mol. The first kappa shape index (κ1) is 12.8. The van der Waals surface area contributed by atoms with Gasteiger partial charge in [0, 0.05) is 13.1 Å². The molecule has 0 radical (unpaired) electrons. The molecule has 5 nitrogen and oxygen atoms in total. The van der Waals surface area contributed by atoms with E-state index in [0.717, 1.165) is 32.5 Å². The molecule has 2 aliphatic heterocycles. The highest BCUT2D eigenvalue weighted by Crippen LogP contribution is 2.30. The van der Waals surface area contributed by atoms with E-state index in [1.54, 1.807) is 0 Å². The van der Waals surface area contributed by atoms with E-state index in [1.807, 2.05) is 5.01 Å². The summed E-state index contributed by atoms with van der Waals surface area (Å²) in [6.45, 7) is 8.19. The molecule has 0 aliphatic carbocycles. The molecule has 0 aromatic heterocycles. The number of hydrogen-bond donors (Lipinski definition) is 2. The third-order valence-corrected chi connectivity index (χ3v) is 3.67. The highest BCUT2D eigenvalue weighted by atomic mass is 16.5. The number of ether oxygens (including phenoxy) is 1. The maximum atomic E-state index is 12.2. The molecule has 0 bridgehead atoms. The van der Waals surface area contributed by atoms with Crippen molar-refractivity contribution < 1.29 is 9.53 Å². The van der Waals surface area contributed by atoms with Gasteiger partial charge in [-0.15, -0.1) is 0 Å². The van der Waals surface area contributed by atoms with Gasteiger partial charge in [0.05, 0.1) is 19.3 Å². The maximum absolute atomic E-state index is 12.2. The normalized spacial score (nSPS) is 29.9. The minimum atomic E-state index is -0.0842. The van der Waals surface area contributed by atoms with Gasteiger partial charge in [-0.1, -0.05) is 13.8 Å². The van der Waals surface area contributed by atoms with Crippen molar-refractivity contribution in [3.8, 4) is 0 Å². The molecule has 0 spiro atoms. The molecule has 2 saturated heterocycles. The van der Waals surface area contributed by atoms with E-state index in [-0.39, 0.29) is 17.4 Å². The van der Waals surface area contributed by atoms with Gasteiger partial charge < -0.3 is 10.1 Å². The summed E-state index contributed by atoms with van der Waals surface area (Å²) < 4.78 is 5.26. The largest absolute Gasteiger partial charge is 0.379 e. The lowest BCUT2D eigenvalue weighted by Gasteiger charge is -2.39. The molecule has 0 aromatic rings. The molecule has 2 rings (SSSR count). The highest BCUT2D eigenvalue weighted by Gasteiger charge is 2.37. The van der Waals surface area contributed by atoms with Crippen molar-refractivity contribution in [1.29, 1.82) is 0 Å². The zero-order chi connectivity index (χ0) is 12.3. The summed E-state index contributed by atoms with van der Waals surface area (Å²) >= 11 is 0. The van der Waals surface area contributed by atoms with Crippen molar-refractivity contribution in [2.45, 2.75) is 32.7 Å². The smallest absolute Gasteiger partial charge is 0.251 e. The number of amides is 1. The second-order valence-corrected chi connectivity index (χ2v) is 5.55. The summed E-state index contributed by atoms with van der Waals surface area (Å²) in [5, 5.41) is 5.29. The van der Waals surface area contributed by atoms with Gasteiger partial charge in [0.25, 0.3) is 5.91 Å².